The number of anilines is 2. The minimum atomic E-state index is -4.45. The molecule has 9 nitrogen and oxygen atoms in total. The maximum Gasteiger partial charge on any atom is 0.416 e. The van der Waals surface area contributed by atoms with Gasteiger partial charge in [0.05, 0.1) is 30.2 Å². The largest absolute Gasteiger partial charge is 0.489 e. The highest BCUT2D eigenvalue weighted by Gasteiger charge is 2.30. The second-order valence-corrected chi connectivity index (χ2v) is 12.4. The summed E-state index contributed by atoms with van der Waals surface area (Å²) < 4.78 is 51.0. The number of hydrogen-bond donors (Lipinski definition) is 2. The van der Waals surface area contributed by atoms with Crippen LogP contribution in [-0.2, 0) is 17.5 Å². The lowest BCUT2D eigenvalue weighted by molar-refractivity contribution is -0.137. The van der Waals surface area contributed by atoms with E-state index in [0.717, 1.165) is 63.4 Å². The Bertz CT molecular complexity index is 1790. The molecule has 0 spiro atoms. The minimum absolute atomic E-state index is 0.0675. The zero-order chi connectivity index (χ0) is 34.9. The lowest BCUT2D eigenvalue weighted by Crippen LogP contribution is -2.41. The fourth-order valence-corrected chi connectivity index (χ4v) is 6.10. The summed E-state index contributed by atoms with van der Waals surface area (Å²) in [5.74, 6) is -0.233. The number of piperidine rings is 1. The number of amides is 2. The highest BCUT2D eigenvalue weighted by Crippen LogP contribution is 2.35. The van der Waals surface area contributed by atoms with E-state index < -0.39 is 17.6 Å². The first-order valence-electron chi connectivity index (χ1n) is 16.9. The van der Waals surface area contributed by atoms with Gasteiger partial charge in [-0.2, -0.15) is 13.2 Å². The summed E-state index contributed by atoms with van der Waals surface area (Å²) in [6.07, 6.45) is 0.466. The molecule has 2 saturated heterocycles. The number of nitrogens with one attached hydrogen (secondary N) is 2. The van der Waals surface area contributed by atoms with E-state index in [0.29, 0.717) is 59.1 Å². The smallest absolute Gasteiger partial charge is 0.416 e. The molecule has 2 aliphatic heterocycles. The van der Waals surface area contributed by atoms with Gasteiger partial charge in [0, 0.05) is 73.9 Å². The number of carbonyl (C=O) groups is 2. The number of morpholine rings is 1. The molecule has 2 fully saturated rings. The van der Waals surface area contributed by atoms with Crippen molar-refractivity contribution in [3.05, 3.63) is 107 Å². The van der Waals surface area contributed by atoms with Crippen molar-refractivity contribution < 1.29 is 32.2 Å². The first-order valence-corrected chi connectivity index (χ1v) is 16.9. The zero-order valence-corrected chi connectivity index (χ0v) is 27.7. The second kappa shape index (κ2) is 16.2. The van der Waals surface area contributed by atoms with Gasteiger partial charge >= 0.3 is 6.18 Å². The number of alkyl halides is 3. The van der Waals surface area contributed by atoms with E-state index >= 15 is 0 Å². The van der Waals surface area contributed by atoms with E-state index in [1.807, 2.05) is 18.2 Å². The Hall–Kier alpha value is -4.94. The molecule has 0 unspecified atom stereocenters. The van der Waals surface area contributed by atoms with Gasteiger partial charge in [0.15, 0.2) is 0 Å². The maximum absolute atomic E-state index is 13.6. The Morgan fingerprint density at radius 2 is 1.60 bits per heavy atom. The van der Waals surface area contributed by atoms with Crippen molar-refractivity contribution in [3.8, 4) is 17.0 Å². The lowest BCUT2D eigenvalue weighted by Gasteiger charge is -2.29. The minimum Gasteiger partial charge on any atom is -0.489 e. The van der Waals surface area contributed by atoms with Crippen LogP contribution in [0, 0.1) is 0 Å². The average Bonchev–Trinajstić information content (AvgIpc) is 3.15. The molecule has 4 aromatic rings. The van der Waals surface area contributed by atoms with E-state index in [4.69, 9.17) is 9.47 Å². The normalized spacial score (nSPS) is 15.4. The van der Waals surface area contributed by atoms with Crippen LogP contribution < -0.4 is 20.3 Å². The summed E-state index contributed by atoms with van der Waals surface area (Å²) in [5, 5.41) is 5.95. The third-order valence-electron chi connectivity index (χ3n) is 8.84. The van der Waals surface area contributed by atoms with Gasteiger partial charge in [-0.1, -0.05) is 18.2 Å². The SMILES string of the molecule is O=C(NCCN1CCOCC1)c1cccc(C(=O)Nc2ccc(N3CCCCC3)cc2-c2cc(OCc3cccc(C(F)(F)F)c3)ccn2)c1. The van der Waals surface area contributed by atoms with Gasteiger partial charge in [-0.15, -0.1) is 0 Å². The number of carbonyl (C=O) groups excluding carboxylic acids is 2. The van der Waals surface area contributed by atoms with Crippen LogP contribution in [0.15, 0.2) is 85.1 Å². The summed E-state index contributed by atoms with van der Waals surface area (Å²) in [4.78, 5) is 35.6. The highest BCUT2D eigenvalue weighted by molar-refractivity contribution is 6.08. The van der Waals surface area contributed by atoms with E-state index in [9.17, 15) is 22.8 Å². The monoisotopic (exact) mass is 687 g/mol. The molecule has 12 heteroatoms. The Labute approximate surface area is 289 Å². The van der Waals surface area contributed by atoms with Crippen LogP contribution in [0.1, 0.15) is 51.1 Å². The molecule has 50 heavy (non-hydrogen) atoms. The van der Waals surface area contributed by atoms with Crippen molar-refractivity contribution in [2.75, 3.05) is 62.7 Å². The van der Waals surface area contributed by atoms with Crippen molar-refractivity contribution >= 4 is 23.2 Å². The summed E-state index contributed by atoms with van der Waals surface area (Å²) in [7, 11) is 0. The van der Waals surface area contributed by atoms with Crippen LogP contribution in [0.4, 0.5) is 24.5 Å². The molecule has 0 atom stereocenters. The molecule has 2 aliphatic rings. The number of halogens is 3. The Balaban J connectivity index is 1.19. The number of benzene rings is 3. The van der Waals surface area contributed by atoms with Crippen molar-refractivity contribution in [3.63, 3.8) is 0 Å². The van der Waals surface area contributed by atoms with Crippen LogP contribution in [-0.4, -0.2) is 74.2 Å². The molecule has 3 heterocycles. The molecule has 0 aliphatic carbocycles. The van der Waals surface area contributed by atoms with E-state index in [1.54, 1.807) is 48.7 Å². The number of rotatable bonds is 11. The first kappa shape index (κ1) is 34.9. The van der Waals surface area contributed by atoms with Crippen LogP contribution >= 0.6 is 0 Å². The zero-order valence-electron chi connectivity index (χ0n) is 27.7. The Kier molecular flexibility index (Phi) is 11.3. The van der Waals surface area contributed by atoms with Crippen molar-refractivity contribution in [1.29, 1.82) is 0 Å². The van der Waals surface area contributed by atoms with E-state index in [2.05, 4.69) is 25.4 Å². The molecule has 1 aromatic heterocycles. The van der Waals surface area contributed by atoms with Gasteiger partial charge in [-0.25, -0.2) is 0 Å². The van der Waals surface area contributed by atoms with Crippen LogP contribution in [0.3, 0.4) is 0 Å². The number of aromatic nitrogens is 1. The van der Waals surface area contributed by atoms with Gasteiger partial charge in [0.1, 0.15) is 12.4 Å². The molecule has 2 N–H and O–H groups in total. The maximum atomic E-state index is 13.6. The number of hydrogen-bond acceptors (Lipinski definition) is 7. The summed E-state index contributed by atoms with van der Waals surface area (Å²) >= 11 is 0. The van der Waals surface area contributed by atoms with Crippen LogP contribution in [0.2, 0.25) is 0 Å². The van der Waals surface area contributed by atoms with Crippen LogP contribution in [0.5, 0.6) is 5.75 Å². The van der Waals surface area contributed by atoms with Gasteiger partial charge in [0.2, 0.25) is 0 Å². The summed E-state index contributed by atoms with van der Waals surface area (Å²) in [6, 6.07) is 20.8. The first-order chi connectivity index (χ1) is 24.2. The van der Waals surface area contributed by atoms with Gasteiger partial charge < -0.3 is 25.0 Å². The third kappa shape index (κ3) is 9.19. The lowest BCUT2D eigenvalue weighted by atomic mass is 10.0. The molecule has 2 amide bonds. The molecule has 262 valence electrons. The van der Waals surface area contributed by atoms with Gasteiger partial charge in [-0.05, 0) is 79.4 Å². The molecular formula is C38H40F3N5O4. The van der Waals surface area contributed by atoms with Gasteiger partial charge in [0.25, 0.3) is 11.8 Å². The molecule has 0 bridgehead atoms. The van der Waals surface area contributed by atoms with Crippen molar-refractivity contribution in [2.24, 2.45) is 0 Å². The van der Waals surface area contributed by atoms with Gasteiger partial charge in [-0.3, -0.25) is 19.5 Å². The molecule has 0 radical (unpaired) electrons. The number of nitrogens with zero attached hydrogens (tertiary/aromatic N) is 3. The molecular weight excluding hydrogens is 647 g/mol. The second-order valence-electron chi connectivity index (χ2n) is 12.4. The highest BCUT2D eigenvalue weighted by atomic mass is 19.4. The fraction of sp³-hybridized carbons (Fsp3) is 0.342. The predicted octanol–water partition coefficient (Wildman–Crippen LogP) is 6.65. The molecule has 3 aromatic carbocycles. The average molecular weight is 688 g/mol. The number of ether oxygens (including phenoxy) is 2. The Morgan fingerprint density at radius 3 is 2.38 bits per heavy atom. The number of pyridine rings is 1. The quantitative estimate of drug-likeness (QED) is 0.182. The Morgan fingerprint density at radius 1 is 0.840 bits per heavy atom. The third-order valence-corrected chi connectivity index (χ3v) is 8.84. The predicted molar refractivity (Wildman–Crippen MR) is 186 cm³/mol. The van der Waals surface area contributed by atoms with E-state index in [-0.39, 0.29) is 12.5 Å². The topological polar surface area (TPSA) is 96.0 Å². The standard InChI is InChI=1S/C38H40F3N5O4/c39-38(40,41)30-9-4-6-27(22-30)26-50-32-12-13-42-35(25-32)33-24-31(46-15-2-1-3-16-46)10-11-34(33)44-37(48)29-8-5-7-28(23-29)36(47)43-14-17-45-18-20-49-21-19-45/h4-13,22-25H,1-3,14-21,26H2,(H,43,47)(H,44,48). The summed E-state index contributed by atoms with van der Waals surface area (Å²) in [6.45, 7) is 6.01. The van der Waals surface area contributed by atoms with Crippen molar-refractivity contribution in [2.45, 2.75) is 32.0 Å². The molecule has 0 saturated carbocycles. The van der Waals surface area contributed by atoms with E-state index in [1.165, 1.54) is 12.5 Å². The summed E-state index contributed by atoms with van der Waals surface area (Å²) in [5.41, 5.74) is 3.03. The van der Waals surface area contributed by atoms with Crippen LogP contribution in [0.25, 0.3) is 11.3 Å². The molecule has 6 rings (SSSR count). The fourth-order valence-electron chi connectivity index (χ4n) is 6.10. The van der Waals surface area contributed by atoms with Crippen molar-refractivity contribution in [1.82, 2.24) is 15.2 Å².